The van der Waals surface area contributed by atoms with Crippen molar-refractivity contribution in [3.05, 3.63) is 0 Å². The molecule has 1 saturated heterocycles. The van der Waals surface area contributed by atoms with E-state index in [1.54, 1.807) is 0 Å². The zero-order valence-electron chi connectivity index (χ0n) is 17.5. The standard InChI is InChI=1S/C22H40N4.2ClH/c23-21(24-7-2-1-3-9-26-10-4-5-11-26)25-8-6-22-15-18-12-19(16-22)14-20(13-18)17-22;;/h18-20H,1-17H2,(H3,23,24,25);2*1H. The van der Waals surface area contributed by atoms with Crippen molar-refractivity contribution < 1.29 is 0 Å². The summed E-state index contributed by atoms with van der Waals surface area (Å²) in [5.41, 5.74) is 0.637. The van der Waals surface area contributed by atoms with E-state index < -0.39 is 0 Å². The molecular formula is C22H42Cl2N4. The zero-order chi connectivity index (χ0) is 17.8. The van der Waals surface area contributed by atoms with E-state index in [4.69, 9.17) is 5.41 Å². The van der Waals surface area contributed by atoms with Crippen LogP contribution in [0.15, 0.2) is 0 Å². The quantitative estimate of drug-likeness (QED) is 0.278. The van der Waals surface area contributed by atoms with Crippen LogP contribution in [0.2, 0.25) is 0 Å². The van der Waals surface area contributed by atoms with Gasteiger partial charge in [0.2, 0.25) is 0 Å². The van der Waals surface area contributed by atoms with E-state index in [-0.39, 0.29) is 24.8 Å². The van der Waals surface area contributed by atoms with Crippen molar-refractivity contribution in [3.8, 4) is 0 Å². The van der Waals surface area contributed by atoms with Gasteiger partial charge in [-0.3, -0.25) is 5.41 Å². The molecule has 0 aromatic carbocycles. The summed E-state index contributed by atoms with van der Waals surface area (Å²) in [5.74, 6) is 3.67. The first kappa shape index (κ1) is 24.1. The topological polar surface area (TPSA) is 51.2 Å². The van der Waals surface area contributed by atoms with Crippen molar-refractivity contribution in [3.63, 3.8) is 0 Å². The zero-order valence-corrected chi connectivity index (χ0v) is 19.1. The van der Waals surface area contributed by atoms with Gasteiger partial charge in [0.1, 0.15) is 0 Å². The lowest BCUT2D eigenvalue weighted by Gasteiger charge is -2.57. The third-order valence-corrected chi connectivity index (χ3v) is 7.77. The van der Waals surface area contributed by atoms with Crippen LogP contribution in [0.25, 0.3) is 0 Å². The Morgan fingerprint density at radius 1 is 0.821 bits per heavy atom. The fourth-order valence-corrected chi connectivity index (χ4v) is 6.97. The molecule has 164 valence electrons. The number of likely N-dealkylation sites (tertiary alicyclic amines) is 1. The van der Waals surface area contributed by atoms with Gasteiger partial charge in [-0.1, -0.05) is 6.42 Å². The summed E-state index contributed by atoms with van der Waals surface area (Å²) in [6.07, 6.45) is 16.9. The van der Waals surface area contributed by atoms with E-state index in [1.807, 2.05) is 0 Å². The lowest BCUT2D eigenvalue weighted by atomic mass is 9.49. The fourth-order valence-electron chi connectivity index (χ4n) is 6.97. The molecule has 0 aromatic rings. The molecule has 1 heterocycles. The maximum Gasteiger partial charge on any atom is 0.188 e. The summed E-state index contributed by atoms with van der Waals surface area (Å²) in [6, 6.07) is 0. The fraction of sp³-hybridized carbons (Fsp3) is 0.955. The van der Waals surface area contributed by atoms with Crippen LogP contribution in [0, 0.1) is 28.6 Å². The summed E-state index contributed by atoms with van der Waals surface area (Å²) in [5, 5.41) is 14.8. The Morgan fingerprint density at radius 3 is 2.00 bits per heavy atom. The number of nitrogens with zero attached hydrogens (tertiary/aromatic N) is 1. The van der Waals surface area contributed by atoms with Crippen molar-refractivity contribution >= 4 is 30.8 Å². The van der Waals surface area contributed by atoms with Gasteiger partial charge in [0, 0.05) is 13.1 Å². The van der Waals surface area contributed by atoms with E-state index in [0.29, 0.717) is 11.4 Å². The molecular weight excluding hydrogens is 391 g/mol. The molecule has 4 saturated carbocycles. The van der Waals surface area contributed by atoms with Crippen molar-refractivity contribution in [2.45, 2.75) is 77.0 Å². The first-order valence-electron chi connectivity index (χ1n) is 11.5. The van der Waals surface area contributed by atoms with Gasteiger partial charge in [-0.2, -0.15) is 0 Å². The van der Waals surface area contributed by atoms with Gasteiger partial charge in [0.25, 0.3) is 0 Å². The van der Waals surface area contributed by atoms with E-state index in [9.17, 15) is 0 Å². The van der Waals surface area contributed by atoms with Crippen molar-refractivity contribution in [2.24, 2.45) is 23.2 Å². The van der Waals surface area contributed by atoms with Crippen LogP contribution in [0.3, 0.4) is 0 Å². The second kappa shape index (κ2) is 11.3. The SMILES string of the molecule is Cl.Cl.N=C(NCCCCCN1CCCC1)NCCC12CC3CC(CC(C3)C1)C2. The van der Waals surface area contributed by atoms with Crippen LogP contribution < -0.4 is 10.6 Å². The number of halogens is 2. The summed E-state index contributed by atoms with van der Waals surface area (Å²) in [7, 11) is 0. The third kappa shape index (κ3) is 6.40. The number of hydrogen-bond donors (Lipinski definition) is 3. The van der Waals surface area contributed by atoms with E-state index in [1.165, 1.54) is 96.7 Å². The molecule has 3 N–H and O–H groups in total. The first-order chi connectivity index (χ1) is 12.7. The van der Waals surface area contributed by atoms with Crippen LogP contribution in [0.1, 0.15) is 77.0 Å². The molecule has 6 heteroatoms. The highest BCUT2D eigenvalue weighted by atomic mass is 35.5. The lowest BCUT2D eigenvalue weighted by Crippen LogP contribution is -2.47. The Bertz CT molecular complexity index is 444. The maximum atomic E-state index is 8.11. The molecule has 0 aromatic heterocycles. The van der Waals surface area contributed by atoms with Gasteiger partial charge in [-0.05, 0) is 113 Å². The van der Waals surface area contributed by atoms with Gasteiger partial charge in [0.05, 0.1) is 0 Å². The van der Waals surface area contributed by atoms with Crippen molar-refractivity contribution in [2.75, 3.05) is 32.7 Å². The highest BCUT2D eigenvalue weighted by Gasteiger charge is 2.50. The smallest absolute Gasteiger partial charge is 0.188 e. The molecule has 4 nitrogen and oxygen atoms in total. The monoisotopic (exact) mass is 432 g/mol. The molecule has 0 radical (unpaired) electrons. The largest absolute Gasteiger partial charge is 0.357 e. The number of unbranched alkanes of at least 4 members (excludes halogenated alkanes) is 2. The minimum absolute atomic E-state index is 0. The molecule has 0 amide bonds. The molecule has 5 rings (SSSR count). The maximum absolute atomic E-state index is 8.11. The van der Waals surface area contributed by atoms with E-state index >= 15 is 0 Å². The summed E-state index contributed by atoms with van der Waals surface area (Å²) in [4.78, 5) is 2.60. The van der Waals surface area contributed by atoms with Gasteiger partial charge in [-0.25, -0.2) is 0 Å². The highest BCUT2D eigenvalue weighted by molar-refractivity contribution is 5.85. The molecule has 4 bridgehead atoms. The van der Waals surface area contributed by atoms with Crippen LogP contribution in [0.5, 0.6) is 0 Å². The molecule has 28 heavy (non-hydrogen) atoms. The van der Waals surface area contributed by atoms with Gasteiger partial charge >= 0.3 is 0 Å². The normalized spacial score (nSPS) is 33.2. The van der Waals surface area contributed by atoms with E-state index in [0.717, 1.165) is 30.8 Å². The number of guanidine groups is 1. The van der Waals surface area contributed by atoms with E-state index in [2.05, 4.69) is 15.5 Å². The number of nitrogens with one attached hydrogen (secondary N) is 3. The minimum atomic E-state index is 0. The van der Waals surface area contributed by atoms with Crippen LogP contribution in [-0.4, -0.2) is 43.6 Å². The predicted octanol–water partition coefficient (Wildman–Crippen LogP) is 4.82. The lowest BCUT2D eigenvalue weighted by molar-refractivity contribution is -0.0562. The highest BCUT2D eigenvalue weighted by Crippen LogP contribution is 2.61. The average molecular weight is 434 g/mol. The van der Waals surface area contributed by atoms with Crippen molar-refractivity contribution in [1.82, 2.24) is 15.5 Å². The Hall–Kier alpha value is -0.190. The van der Waals surface area contributed by atoms with Crippen LogP contribution in [-0.2, 0) is 0 Å². The van der Waals surface area contributed by atoms with Gasteiger partial charge in [-0.15, -0.1) is 24.8 Å². The molecule has 1 aliphatic heterocycles. The van der Waals surface area contributed by atoms with Gasteiger partial charge in [0.15, 0.2) is 5.96 Å². The second-order valence-electron chi connectivity index (χ2n) is 10.0. The number of hydrogen-bond acceptors (Lipinski definition) is 2. The predicted molar refractivity (Wildman–Crippen MR) is 123 cm³/mol. The van der Waals surface area contributed by atoms with Crippen LogP contribution in [0.4, 0.5) is 0 Å². The average Bonchev–Trinajstić information content (AvgIpc) is 3.10. The first-order valence-corrected chi connectivity index (χ1v) is 11.5. The molecule has 0 unspecified atom stereocenters. The molecule has 5 fully saturated rings. The third-order valence-electron chi connectivity index (χ3n) is 7.77. The molecule has 5 aliphatic rings. The number of rotatable bonds is 9. The summed E-state index contributed by atoms with van der Waals surface area (Å²) >= 11 is 0. The van der Waals surface area contributed by atoms with Crippen molar-refractivity contribution in [1.29, 1.82) is 5.41 Å². The minimum Gasteiger partial charge on any atom is -0.357 e. The Balaban J connectivity index is 0.00000140. The summed E-state index contributed by atoms with van der Waals surface area (Å²) < 4.78 is 0. The van der Waals surface area contributed by atoms with Gasteiger partial charge < -0.3 is 15.5 Å². The second-order valence-corrected chi connectivity index (χ2v) is 10.0. The molecule has 4 aliphatic carbocycles. The summed E-state index contributed by atoms with van der Waals surface area (Å²) in [6.45, 7) is 5.85. The molecule has 0 spiro atoms. The molecule has 0 atom stereocenters. The Morgan fingerprint density at radius 2 is 1.39 bits per heavy atom. The Labute approximate surface area is 184 Å². The Kier molecular flexibility index (Phi) is 9.69. The van der Waals surface area contributed by atoms with Crippen LogP contribution >= 0.6 is 24.8 Å².